The van der Waals surface area contributed by atoms with Crippen LogP contribution in [0.15, 0.2) is 63.1 Å². The van der Waals surface area contributed by atoms with Gasteiger partial charge in [-0.05, 0) is 55.0 Å². The summed E-state index contributed by atoms with van der Waals surface area (Å²) in [5, 5.41) is 4.12. The van der Waals surface area contributed by atoms with E-state index in [1.165, 1.54) is 16.6 Å². The Kier molecular flexibility index (Phi) is 5.89. The third-order valence-electron chi connectivity index (χ3n) is 5.69. The van der Waals surface area contributed by atoms with Crippen LogP contribution >= 0.6 is 23.1 Å². The lowest BCUT2D eigenvalue weighted by atomic mass is 9.89. The fraction of sp³-hybridized carbons (Fsp3) is 0.292. The molecule has 0 saturated carbocycles. The van der Waals surface area contributed by atoms with Gasteiger partial charge in [0, 0.05) is 4.88 Å². The van der Waals surface area contributed by atoms with Gasteiger partial charge in [-0.3, -0.25) is 14.2 Å². The molecule has 0 fully saturated rings. The van der Waals surface area contributed by atoms with Crippen LogP contribution in [0.25, 0.3) is 15.9 Å². The van der Waals surface area contributed by atoms with E-state index in [4.69, 9.17) is 9.40 Å². The number of hydrogen-bond acceptors (Lipinski definition) is 6. The number of fused-ring (bicyclic) bond motifs is 3. The summed E-state index contributed by atoms with van der Waals surface area (Å²) in [6.45, 7) is 2.59. The molecule has 8 heteroatoms. The van der Waals surface area contributed by atoms with E-state index in [0.29, 0.717) is 23.4 Å². The monoisotopic (exact) mass is 465 g/mol. The molecule has 4 aromatic rings. The highest BCUT2D eigenvalue weighted by Crippen LogP contribution is 2.37. The quantitative estimate of drug-likeness (QED) is 0.333. The topological polar surface area (TPSA) is 77.1 Å². The molecule has 1 amide bonds. The molecule has 1 aromatic carbocycles. The molecule has 32 heavy (non-hydrogen) atoms. The smallest absolute Gasteiger partial charge is 0.267 e. The van der Waals surface area contributed by atoms with Crippen LogP contribution in [0.1, 0.15) is 29.5 Å². The molecule has 0 radical (unpaired) electrons. The maximum absolute atomic E-state index is 13.7. The van der Waals surface area contributed by atoms with Gasteiger partial charge >= 0.3 is 0 Å². The zero-order chi connectivity index (χ0) is 22.1. The molecular weight excluding hydrogens is 442 g/mol. The number of carbonyl (C=O) groups excluding carboxylic acids is 1. The number of carbonyl (C=O) groups is 1. The number of amides is 1. The molecule has 5 rings (SSSR count). The largest absolute Gasteiger partial charge is 0.467 e. The fourth-order valence-electron chi connectivity index (χ4n) is 4.05. The first-order chi connectivity index (χ1) is 15.6. The molecule has 0 spiro atoms. The molecule has 0 saturated heterocycles. The first kappa shape index (κ1) is 21.0. The van der Waals surface area contributed by atoms with Crippen molar-refractivity contribution in [1.29, 1.82) is 0 Å². The van der Waals surface area contributed by atoms with Gasteiger partial charge in [0.15, 0.2) is 5.16 Å². The van der Waals surface area contributed by atoms with E-state index in [1.807, 2.05) is 36.4 Å². The third kappa shape index (κ3) is 4.12. The van der Waals surface area contributed by atoms with Crippen molar-refractivity contribution in [1.82, 2.24) is 14.9 Å². The number of aromatic nitrogens is 2. The van der Waals surface area contributed by atoms with E-state index < -0.39 is 0 Å². The van der Waals surface area contributed by atoms with Crippen LogP contribution in [0.3, 0.4) is 0 Å². The van der Waals surface area contributed by atoms with Gasteiger partial charge in [0.2, 0.25) is 5.91 Å². The van der Waals surface area contributed by atoms with E-state index in [0.717, 1.165) is 40.7 Å². The Morgan fingerprint density at radius 1 is 1.28 bits per heavy atom. The van der Waals surface area contributed by atoms with Gasteiger partial charge in [-0.1, -0.05) is 36.9 Å². The fourth-order valence-corrected chi connectivity index (χ4v) is 6.32. The van der Waals surface area contributed by atoms with Gasteiger partial charge in [-0.15, -0.1) is 11.3 Å². The normalized spacial score (nSPS) is 15.6. The Morgan fingerprint density at radius 2 is 2.12 bits per heavy atom. The second-order valence-corrected chi connectivity index (χ2v) is 10.1. The molecule has 1 aliphatic rings. The lowest BCUT2D eigenvalue weighted by molar-refractivity contribution is -0.118. The standard InChI is InChI=1S/C24H23N3O3S2/c1-15-9-10-18-19(12-15)32-22-21(18)23(29)27(16-6-3-2-4-7-16)24(26-22)31-14-20(28)25-13-17-8-5-11-30-17/h2-8,11,15H,9-10,12-14H2,1H3,(H,25,28). The maximum Gasteiger partial charge on any atom is 0.267 e. The summed E-state index contributed by atoms with van der Waals surface area (Å²) in [4.78, 5) is 33.0. The second kappa shape index (κ2) is 8.96. The number of rotatable bonds is 6. The number of benzene rings is 1. The highest BCUT2D eigenvalue weighted by Gasteiger charge is 2.25. The molecule has 3 aromatic heterocycles. The van der Waals surface area contributed by atoms with Crippen molar-refractivity contribution in [2.45, 2.75) is 37.9 Å². The molecule has 0 bridgehead atoms. The minimum absolute atomic E-state index is 0.0493. The number of nitrogens with zero attached hydrogens (tertiary/aromatic N) is 2. The number of furan rings is 1. The lowest BCUT2D eigenvalue weighted by Gasteiger charge is -2.17. The van der Waals surface area contributed by atoms with E-state index >= 15 is 0 Å². The highest BCUT2D eigenvalue weighted by atomic mass is 32.2. The summed E-state index contributed by atoms with van der Waals surface area (Å²) in [6, 6.07) is 13.1. The van der Waals surface area contributed by atoms with Crippen LogP contribution in [0, 0.1) is 5.92 Å². The van der Waals surface area contributed by atoms with Crippen molar-refractivity contribution in [3.8, 4) is 5.69 Å². The predicted molar refractivity (Wildman–Crippen MR) is 128 cm³/mol. The van der Waals surface area contributed by atoms with Gasteiger partial charge in [0.25, 0.3) is 5.56 Å². The average Bonchev–Trinajstić information content (AvgIpc) is 3.44. The summed E-state index contributed by atoms with van der Waals surface area (Å²) in [5.74, 6) is 1.34. The third-order valence-corrected chi connectivity index (χ3v) is 7.77. The van der Waals surface area contributed by atoms with Crippen LogP contribution in [0.2, 0.25) is 0 Å². The molecule has 0 aliphatic heterocycles. The lowest BCUT2D eigenvalue weighted by Crippen LogP contribution is -2.26. The summed E-state index contributed by atoms with van der Waals surface area (Å²) in [5.41, 5.74) is 1.87. The highest BCUT2D eigenvalue weighted by molar-refractivity contribution is 7.99. The number of para-hydroxylation sites is 1. The van der Waals surface area contributed by atoms with Crippen LogP contribution in [0.4, 0.5) is 0 Å². The van der Waals surface area contributed by atoms with Crippen molar-refractivity contribution in [3.63, 3.8) is 0 Å². The summed E-state index contributed by atoms with van der Waals surface area (Å²) in [7, 11) is 0. The van der Waals surface area contributed by atoms with Gasteiger partial charge in [-0.2, -0.15) is 0 Å². The van der Waals surface area contributed by atoms with Gasteiger partial charge < -0.3 is 9.73 Å². The molecular formula is C24H23N3O3S2. The molecule has 1 unspecified atom stereocenters. The summed E-state index contributed by atoms with van der Waals surface area (Å²) >= 11 is 2.91. The van der Waals surface area contributed by atoms with Gasteiger partial charge in [-0.25, -0.2) is 4.98 Å². The molecule has 164 valence electrons. The Balaban J connectivity index is 1.49. The molecule has 1 aliphatic carbocycles. The molecule has 1 N–H and O–H groups in total. The zero-order valence-electron chi connectivity index (χ0n) is 17.7. The van der Waals surface area contributed by atoms with E-state index in [2.05, 4.69) is 12.2 Å². The minimum Gasteiger partial charge on any atom is -0.467 e. The number of thioether (sulfide) groups is 1. The molecule has 6 nitrogen and oxygen atoms in total. The van der Waals surface area contributed by atoms with Crippen molar-refractivity contribution in [2.24, 2.45) is 5.92 Å². The van der Waals surface area contributed by atoms with E-state index in [-0.39, 0.29) is 17.2 Å². The van der Waals surface area contributed by atoms with Crippen molar-refractivity contribution in [3.05, 3.63) is 75.3 Å². The Morgan fingerprint density at radius 3 is 2.91 bits per heavy atom. The Bertz CT molecular complexity index is 1310. The predicted octanol–water partition coefficient (Wildman–Crippen LogP) is 4.57. The van der Waals surface area contributed by atoms with Gasteiger partial charge in [0.1, 0.15) is 10.6 Å². The number of nitrogens with one attached hydrogen (secondary N) is 1. The minimum atomic E-state index is -0.139. The number of hydrogen-bond donors (Lipinski definition) is 1. The molecule has 1 atom stereocenters. The van der Waals surface area contributed by atoms with Crippen LogP contribution in [-0.2, 0) is 24.2 Å². The molecule has 3 heterocycles. The first-order valence-electron chi connectivity index (χ1n) is 10.6. The van der Waals surface area contributed by atoms with Crippen LogP contribution < -0.4 is 10.9 Å². The number of thiophene rings is 1. The average molecular weight is 466 g/mol. The van der Waals surface area contributed by atoms with Crippen LogP contribution in [-0.4, -0.2) is 21.2 Å². The first-order valence-corrected chi connectivity index (χ1v) is 12.4. The van der Waals surface area contributed by atoms with Crippen molar-refractivity contribution < 1.29 is 9.21 Å². The Labute approximate surface area is 193 Å². The van der Waals surface area contributed by atoms with Crippen molar-refractivity contribution in [2.75, 3.05) is 5.75 Å². The van der Waals surface area contributed by atoms with Crippen LogP contribution in [0.5, 0.6) is 0 Å². The van der Waals surface area contributed by atoms with Gasteiger partial charge in [0.05, 0.1) is 29.6 Å². The number of aryl methyl sites for hydroxylation is 1. The zero-order valence-corrected chi connectivity index (χ0v) is 19.3. The summed E-state index contributed by atoms with van der Waals surface area (Å²) in [6.07, 6.45) is 4.59. The second-order valence-electron chi connectivity index (χ2n) is 8.05. The summed E-state index contributed by atoms with van der Waals surface area (Å²) < 4.78 is 6.91. The SMILES string of the molecule is CC1CCc2c(sc3nc(SCC(=O)NCc4ccco4)n(-c4ccccc4)c(=O)c23)C1. The van der Waals surface area contributed by atoms with E-state index in [9.17, 15) is 9.59 Å². The van der Waals surface area contributed by atoms with Crippen molar-refractivity contribution >= 4 is 39.2 Å². The Hall–Kier alpha value is -2.84. The maximum atomic E-state index is 13.7. The van der Waals surface area contributed by atoms with E-state index in [1.54, 1.807) is 28.2 Å².